The molecule has 0 aliphatic rings. The van der Waals surface area contributed by atoms with E-state index in [1.165, 1.54) is 12.8 Å². The molecule has 0 aliphatic carbocycles. The topological polar surface area (TPSA) is 21.3 Å². The van der Waals surface area contributed by atoms with E-state index in [1.807, 2.05) is 14.2 Å². The van der Waals surface area contributed by atoms with Crippen LogP contribution in [0.4, 0.5) is 0 Å². The molecule has 0 aromatic heterocycles. The van der Waals surface area contributed by atoms with Crippen molar-refractivity contribution in [3.63, 3.8) is 0 Å². The van der Waals surface area contributed by atoms with Gasteiger partial charge in [-0.05, 0) is 31.7 Å². The Hall–Kier alpha value is -0.0800. The Labute approximate surface area is 89.4 Å². The molecule has 86 valence electrons. The van der Waals surface area contributed by atoms with E-state index in [-0.39, 0.29) is 0 Å². The molecule has 2 atom stereocenters. The van der Waals surface area contributed by atoms with Crippen LogP contribution in [0.25, 0.3) is 0 Å². The standard InChI is InChI=1S/C12H27NO/c1-9(2)7-8-11(13-5)12(14-6)10(3)4/h9-13H,7-8H2,1-6H3. The highest BCUT2D eigenvalue weighted by atomic mass is 16.5. The van der Waals surface area contributed by atoms with Crippen LogP contribution in [0.5, 0.6) is 0 Å². The van der Waals surface area contributed by atoms with Crippen LogP contribution in [0, 0.1) is 11.8 Å². The third kappa shape index (κ3) is 4.97. The first-order valence-corrected chi connectivity index (χ1v) is 5.73. The third-order valence-electron chi connectivity index (χ3n) is 2.75. The Balaban J connectivity index is 4.08. The SMILES string of the molecule is CNC(CCC(C)C)C(OC)C(C)C. The van der Waals surface area contributed by atoms with Crippen LogP contribution in [-0.4, -0.2) is 26.3 Å². The van der Waals surface area contributed by atoms with Crippen molar-refractivity contribution in [1.82, 2.24) is 5.32 Å². The minimum atomic E-state index is 0.332. The molecule has 0 heterocycles. The highest BCUT2D eigenvalue weighted by Gasteiger charge is 2.22. The molecule has 0 saturated heterocycles. The lowest BCUT2D eigenvalue weighted by Gasteiger charge is -2.29. The van der Waals surface area contributed by atoms with Crippen molar-refractivity contribution in [2.45, 2.75) is 52.7 Å². The Kier molecular flexibility index (Phi) is 7.20. The fourth-order valence-corrected chi connectivity index (χ4v) is 1.89. The summed E-state index contributed by atoms with van der Waals surface area (Å²) in [7, 11) is 3.84. The Morgan fingerprint density at radius 2 is 1.64 bits per heavy atom. The average Bonchev–Trinajstić information content (AvgIpc) is 2.10. The van der Waals surface area contributed by atoms with Crippen molar-refractivity contribution in [1.29, 1.82) is 0 Å². The van der Waals surface area contributed by atoms with Crippen molar-refractivity contribution >= 4 is 0 Å². The Morgan fingerprint density at radius 1 is 1.07 bits per heavy atom. The molecule has 0 aromatic carbocycles. The highest BCUT2D eigenvalue weighted by Crippen LogP contribution is 2.16. The lowest BCUT2D eigenvalue weighted by molar-refractivity contribution is 0.0314. The zero-order chi connectivity index (χ0) is 11.1. The number of likely N-dealkylation sites (N-methyl/N-ethyl adjacent to an activating group) is 1. The molecule has 2 nitrogen and oxygen atoms in total. The molecular formula is C12H27NO. The molecule has 0 amide bonds. The molecule has 0 fully saturated rings. The van der Waals surface area contributed by atoms with E-state index >= 15 is 0 Å². The third-order valence-corrected chi connectivity index (χ3v) is 2.75. The molecule has 2 unspecified atom stereocenters. The van der Waals surface area contributed by atoms with Gasteiger partial charge in [0.2, 0.25) is 0 Å². The van der Waals surface area contributed by atoms with E-state index in [2.05, 4.69) is 33.0 Å². The first-order chi connectivity index (χ1) is 6.52. The quantitative estimate of drug-likeness (QED) is 0.684. The minimum Gasteiger partial charge on any atom is -0.380 e. The van der Waals surface area contributed by atoms with Gasteiger partial charge in [0.05, 0.1) is 6.10 Å². The minimum absolute atomic E-state index is 0.332. The summed E-state index contributed by atoms with van der Waals surface area (Å²) in [5.41, 5.74) is 0. The first-order valence-electron chi connectivity index (χ1n) is 5.73. The van der Waals surface area contributed by atoms with E-state index in [9.17, 15) is 0 Å². The number of hydrogen-bond acceptors (Lipinski definition) is 2. The van der Waals surface area contributed by atoms with Gasteiger partial charge in [-0.1, -0.05) is 27.7 Å². The summed E-state index contributed by atoms with van der Waals surface area (Å²) in [6, 6.07) is 0.488. The normalized spacial score (nSPS) is 16.3. The summed E-state index contributed by atoms with van der Waals surface area (Å²) < 4.78 is 5.53. The van der Waals surface area contributed by atoms with Crippen LogP contribution in [-0.2, 0) is 4.74 Å². The van der Waals surface area contributed by atoms with Gasteiger partial charge in [0.25, 0.3) is 0 Å². The van der Waals surface area contributed by atoms with Gasteiger partial charge in [-0.2, -0.15) is 0 Å². The van der Waals surface area contributed by atoms with Crippen LogP contribution < -0.4 is 5.32 Å². The van der Waals surface area contributed by atoms with Crippen LogP contribution in [0.2, 0.25) is 0 Å². The second-order valence-corrected chi connectivity index (χ2v) is 4.81. The van der Waals surface area contributed by atoms with E-state index in [4.69, 9.17) is 4.74 Å². The number of nitrogens with one attached hydrogen (secondary N) is 1. The number of rotatable bonds is 7. The fraction of sp³-hybridized carbons (Fsp3) is 1.00. The van der Waals surface area contributed by atoms with E-state index in [0.29, 0.717) is 18.1 Å². The monoisotopic (exact) mass is 201 g/mol. The fourth-order valence-electron chi connectivity index (χ4n) is 1.89. The van der Waals surface area contributed by atoms with Gasteiger partial charge in [0.1, 0.15) is 0 Å². The Bertz CT molecular complexity index is 134. The van der Waals surface area contributed by atoms with Crippen LogP contribution in [0.3, 0.4) is 0 Å². The van der Waals surface area contributed by atoms with Crippen molar-refractivity contribution < 1.29 is 4.74 Å². The molecule has 0 aliphatic heterocycles. The average molecular weight is 201 g/mol. The molecule has 14 heavy (non-hydrogen) atoms. The second-order valence-electron chi connectivity index (χ2n) is 4.81. The maximum absolute atomic E-state index is 5.53. The largest absolute Gasteiger partial charge is 0.380 e. The highest BCUT2D eigenvalue weighted by molar-refractivity contribution is 4.78. The van der Waals surface area contributed by atoms with Crippen molar-refractivity contribution in [2.75, 3.05) is 14.2 Å². The molecule has 0 bridgehead atoms. The molecule has 1 N–H and O–H groups in total. The molecule has 0 saturated carbocycles. The molecule has 0 radical (unpaired) electrons. The molecule has 0 spiro atoms. The van der Waals surface area contributed by atoms with Gasteiger partial charge < -0.3 is 10.1 Å². The van der Waals surface area contributed by atoms with Crippen LogP contribution >= 0.6 is 0 Å². The van der Waals surface area contributed by atoms with Gasteiger partial charge in [-0.3, -0.25) is 0 Å². The molecule has 0 aromatic rings. The number of hydrogen-bond donors (Lipinski definition) is 1. The van der Waals surface area contributed by atoms with E-state index < -0.39 is 0 Å². The predicted molar refractivity (Wildman–Crippen MR) is 62.6 cm³/mol. The van der Waals surface area contributed by atoms with Crippen molar-refractivity contribution in [3.8, 4) is 0 Å². The van der Waals surface area contributed by atoms with Crippen molar-refractivity contribution in [3.05, 3.63) is 0 Å². The van der Waals surface area contributed by atoms with E-state index in [1.54, 1.807) is 0 Å². The van der Waals surface area contributed by atoms with E-state index in [0.717, 1.165) is 5.92 Å². The maximum Gasteiger partial charge on any atom is 0.0746 e. The number of ether oxygens (including phenoxy) is 1. The van der Waals surface area contributed by atoms with Gasteiger partial charge in [-0.25, -0.2) is 0 Å². The summed E-state index contributed by atoms with van der Waals surface area (Å²) in [4.78, 5) is 0. The van der Waals surface area contributed by atoms with Crippen molar-refractivity contribution in [2.24, 2.45) is 11.8 Å². The molecule has 0 rings (SSSR count). The summed E-state index contributed by atoms with van der Waals surface area (Å²) in [6.45, 7) is 8.97. The predicted octanol–water partition coefficient (Wildman–Crippen LogP) is 2.68. The molecular weight excluding hydrogens is 174 g/mol. The lowest BCUT2D eigenvalue weighted by atomic mass is 9.93. The van der Waals surface area contributed by atoms with Crippen LogP contribution in [0.1, 0.15) is 40.5 Å². The smallest absolute Gasteiger partial charge is 0.0746 e. The van der Waals surface area contributed by atoms with Gasteiger partial charge in [0, 0.05) is 13.2 Å². The first kappa shape index (κ1) is 13.9. The van der Waals surface area contributed by atoms with Crippen LogP contribution in [0.15, 0.2) is 0 Å². The summed E-state index contributed by atoms with van der Waals surface area (Å²) >= 11 is 0. The second kappa shape index (κ2) is 7.24. The summed E-state index contributed by atoms with van der Waals surface area (Å²) in [5, 5.41) is 3.36. The summed E-state index contributed by atoms with van der Waals surface area (Å²) in [5.74, 6) is 1.35. The Morgan fingerprint density at radius 3 is 1.93 bits per heavy atom. The summed E-state index contributed by atoms with van der Waals surface area (Å²) in [6.07, 6.45) is 2.79. The van der Waals surface area contributed by atoms with Gasteiger partial charge >= 0.3 is 0 Å². The number of methoxy groups -OCH3 is 1. The van der Waals surface area contributed by atoms with Gasteiger partial charge in [0.15, 0.2) is 0 Å². The maximum atomic E-state index is 5.53. The molecule has 2 heteroatoms. The van der Waals surface area contributed by atoms with Gasteiger partial charge in [-0.15, -0.1) is 0 Å². The zero-order valence-electron chi connectivity index (χ0n) is 10.6. The zero-order valence-corrected chi connectivity index (χ0v) is 10.6. The lowest BCUT2D eigenvalue weighted by Crippen LogP contribution is -2.42.